The molecular weight excluding hydrogens is 668 g/mol. The Kier molecular flexibility index (Phi) is 11.0. The lowest BCUT2D eigenvalue weighted by Crippen LogP contribution is -2.61. The van der Waals surface area contributed by atoms with Crippen LogP contribution in [-0.4, -0.2) is 89.8 Å². The number of ether oxygens (including phenoxy) is 2. The van der Waals surface area contributed by atoms with Crippen molar-refractivity contribution in [2.45, 2.75) is 154 Å². The summed E-state index contributed by atoms with van der Waals surface area (Å²) in [5.74, 6) is 0.669. The van der Waals surface area contributed by atoms with Crippen LogP contribution in [0.5, 0.6) is 0 Å². The number of rotatable bonds is 11. The average Bonchev–Trinajstić information content (AvgIpc) is 3.31. The second kappa shape index (κ2) is 13.7. The highest BCUT2D eigenvalue weighted by atomic mass is 32.3. The minimum atomic E-state index is -4.95. The second-order valence-corrected chi connectivity index (χ2v) is 18.5. The fraction of sp³-hybridized carbons (Fsp3) is 0.939. The maximum absolute atomic E-state index is 11.9. The summed E-state index contributed by atoms with van der Waals surface area (Å²) in [6.07, 6.45) is 0.518. The zero-order valence-electron chi connectivity index (χ0n) is 28.9. The van der Waals surface area contributed by atoms with Gasteiger partial charge in [-0.1, -0.05) is 52.2 Å². The Morgan fingerprint density at radius 3 is 2.29 bits per heavy atom. The van der Waals surface area contributed by atoms with E-state index in [1.165, 1.54) is 12.5 Å². The lowest BCUT2D eigenvalue weighted by molar-refractivity contribution is -0.312. The molecule has 0 amide bonds. The highest BCUT2D eigenvalue weighted by Gasteiger charge is 2.62. The monoisotopic (exact) mass is 724 g/mol. The summed E-state index contributed by atoms with van der Waals surface area (Å²) in [5, 5.41) is 33.7. The lowest BCUT2D eigenvalue weighted by atomic mass is 9.47. The van der Waals surface area contributed by atoms with E-state index in [2.05, 4.69) is 38.0 Å². The summed E-state index contributed by atoms with van der Waals surface area (Å²) in [5.41, 5.74) is -0.133. The van der Waals surface area contributed by atoms with Crippen LogP contribution in [0.4, 0.5) is 0 Å². The first-order valence-electron chi connectivity index (χ1n) is 17.5. The van der Waals surface area contributed by atoms with E-state index < -0.39 is 74.7 Å². The third-order valence-electron chi connectivity index (χ3n) is 12.8. The third kappa shape index (κ3) is 7.71. The minimum absolute atomic E-state index is 0.0733. The maximum Gasteiger partial charge on any atom is 0.397 e. The highest BCUT2D eigenvalue weighted by molar-refractivity contribution is 7.81. The molecule has 0 aromatic rings. The van der Waals surface area contributed by atoms with Crippen LogP contribution >= 0.6 is 0 Å². The van der Waals surface area contributed by atoms with Crippen molar-refractivity contribution in [1.29, 1.82) is 0 Å². The Labute approximate surface area is 285 Å². The van der Waals surface area contributed by atoms with Crippen LogP contribution in [-0.2, 0) is 38.6 Å². The van der Waals surface area contributed by atoms with E-state index in [9.17, 15) is 41.3 Å². The van der Waals surface area contributed by atoms with Gasteiger partial charge in [-0.15, -0.1) is 0 Å². The molecule has 5 rings (SSSR count). The molecular formula is C33H56O13S2. The van der Waals surface area contributed by atoms with E-state index in [1.54, 1.807) is 0 Å². The SMILES string of the molecule is CC(C)CCC[C@](C)(O)C1CCC2C3CC(O[C@@H]4OC(C)[C@@H](OS(=O)(=O)O)C(O)C4O)C4C[C@@H](OS(=O)(=O)O)CC[C@]4(C)C3=CC[C@@]21C. The van der Waals surface area contributed by atoms with E-state index in [-0.39, 0.29) is 35.5 Å². The Balaban J connectivity index is 1.44. The molecule has 48 heavy (non-hydrogen) atoms. The first-order chi connectivity index (χ1) is 22.1. The molecule has 0 aromatic carbocycles. The molecule has 5 N–H and O–H groups in total. The summed E-state index contributed by atoms with van der Waals surface area (Å²) < 4.78 is 86.9. The van der Waals surface area contributed by atoms with Gasteiger partial charge in [-0.25, -0.2) is 8.37 Å². The Morgan fingerprint density at radius 2 is 1.67 bits per heavy atom. The molecule has 0 bridgehead atoms. The van der Waals surface area contributed by atoms with E-state index >= 15 is 0 Å². The van der Waals surface area contributed by atoms with Crippen molar-refractivity contribution in [3.63, 3.8) is 0 Å². The molecule has 5 aliphatic rings. The van der Waals surface area contributed by atoms with Crippen molar-refractivity contribution in [1.82, 2.24) is 0 Å². The van der Waals surface area contributed by atoms with Crippen molar-refractivity contribution in [3.8, 4) is 0 Å². The molecule has 4 aliphatic carbocycles. The first kappa shape index (κ1) is 38.5. The van der Waals surface area contributed by atoms with E-state index in [0.29, 0.717) is 25.2 Å². The summed E-state index contributed by atoms with van der Waals surface area (Å²) in [4.78, 5) is 0. The minimum Gasteiger partial charge on any atom is -0.390 e. The maximum atomic E-state index is 11.9. The fourth-order valence-corrected chi connectivity index (χ4v) is 11.6. The molecule has 14 atom stereocenters. The normalized spacial score (nSPS) is 44.8. The molecule has 0 spiro atoms. The predicted octanol–water partition coefficient (Wildman–Crippen LogP) is 3.98. The molecule has 8 unspecified atom stereocenters. The molecule has 0 aromatic heterocycles. The van der Waals surface area contributed by atoms with Crippen molar-refractivity contribution < 1.29 is 59.1 Å². The van der Waals surface area contributed by atoms with Gasteiger partial charge in [0.1, 0.15) is 18.3 Å². The van der Waals surface area contributed by atoms with Gasteiger partial charge in [-0.05, 0) is 106 Å². The van der Waals surface area contributed by atoms with Crippen molar-refractivity contribution in [3.05, 3.63) is 11.6 Å². The number of hydrogen-bond donors (Lipinski definition) is 5. The number of allylic oxidation sites excluding steroid dienone is 2. The Morgan fingerprint density at radius 1 is 1.00 bits per heavy atom. The number of fused-ring (bicyclic) bond motifs is 5. The highest BCUT2D eigenvalue weighted by Crippen LogP contribution is 2.67. The van der Waals surface area contributed by atoms with Gasteiger partial charge in [-0.2, -0.15) is 16.8 Å². The van der Waals surface area contributed by atoms with Crippen LogP contribution in [0.2, 0.25) is 0 Å². The van der Waals surface area contributed by atoms with Crippen LogP contribution in [0.3, 0.4) is 0 Å². The second-order valence-electron chi connectivity index (χ2n) is 16.4. The fourth-order valence-electron chi connectivity index (χ4n) is 10.5. The van der Waals surface area contributed by atoms with Gasteiger partial charge in [0.05, 0.1) is 23.9 Å². The molecule has 1 saturated heterocycles. The first-order valence-corrected chi connectivity index (χ1v) is 20.2. The molecule has 278 valence electrons. The van der Waals surface area contributed by atoms with Gasteiger partial charge in [0.15, 0.2) is 6.29 Å². The molecule has 0 radical (unpaired) electrons. The van der Waals surface area contributed by atoms with E-state index in [0.717, 1.165) is 38.5 Å². The van der Waals surface area contributed by atoms with E-state index in [1.807, 2.05) is 6.92 Å². The predicted molar refractivity (Wildman–Crippen MR) is 174 cm³/mol. The summed E-state index contributed by atoms with van der Waals surface area (Å²) in [7, 11) is -9.66. The van der Waals surface area contributed by atoms with Crippen molar-refractivity contribution >= 4 is 20.8 Å². The average molecular weight is 725 g/mol. The van der Waals surface area contributed by atoms with Crippen LogP contribution in [0, 0.1) is 40.4 Å². The lowest BCUT2D eigenvalue weighted by Gasteiger charge is -2.60. The number of hydrogen-bond acceptors (Lipinski definition) is 11. The van der Waals surface area contributed by atoms with Gasteiger partial charge in [0, 0.05) is 0 Å². The Hall–Kier alpha value is -0.720. The number of aliphatic hydroxyl groups excluding tert-OH is 2. The van der Waals surface area contributed by atoms with Gasteiger partial charge < -0.3 is 24.8 Å². The third-order valence-corrected chi connectivity index (χ3v) is 13.7. The van der Waals surface area contributed by atoms with E-state index in [4.69, 9.17) is 13.7 Å². The van der Waals surface area contributed by atoms with Gasteiger partial charge in [0.25, 0.3) is 0 Å². The van der Waals surface area contributed by atoms with Crippen LogP contribution < -0.4 is 0 Å². The molecule has 15 heteroatoms. The van der Waals surface area contributed by atoms with Crippen molar-refractivity contribution in [2.75, 3.05) is 0 Å². The Bertz CT molecular complexity index is 1410. The van der Waals surface area contributed by atoms with Crippen LogP contribution in [0.25, 0.3) is 0 Å². The number of aliphatic hydroxyl groups is 3. The molecule has 13 nitrogen and oxygen atoms in total. The zero-order valence-corrected chi connectivity index (χ0v) is 30.5. The molecule has 1 heterocycles. The quantitative estimate of drug-likeness (QED) is 0.151. The zero-order chi connectivity index (χ0) is 35.6. The topological polar surface area (TPSA) is 206 Å². The molecule has 4 fully saturated rings. The van der Waals surface area contributed by atoms with Gasteiger partial charge in [-0.3, -0.25) is 9.11 Å². The van der Waals surface area contributed by atoms with Crippen LogP contribution in [0.1, 0.15) is 106 Å². The van der Waals surface area contributed by atoms with Gasteiger partial charge in [0.2, 0.25) is 0 Å². The van der Waals surface area contributed by atoms with Crippen LogP contribution in [0.15, 0.2) is 11.6 Å². The summed E-state index contributed by atoms with van der Waals surface area (Å²) >= 11 is 0. The standard InChI is InChI=1S/C33H56O13S2/c1-18(2)8-7-13-33(6,36)26-10-9-22-21-17-25(44-30-28(35)27(34)29(19(3)43-30)46-48(40,41)42)24-16-20(45-47(37,38)39)11-14-31(24,4)23(21)12-15-32(22,26)5/h12,18-22,24-30,34-36H,7-11,13-17H2,1-6H3,(H,37,38,39)(H,40,41,42)/t19?,20-,21?,22?,24?,25?,26?,27?,28?,29+,30-,31+,32-,33-/m0/s1. The van der Waals surface area contributed by atoms with Gasteiger partial charge >= 0.3 is 20.8 Å². The molecule has 3 saturated carbocycles. The smallest absolute Gasteiger partial charge is 0.390 e. The molecule has 1 aliphatic heterocycles. The summed E-state index contributed by atoms with van der Waals surface area (Å²) in [6.45, 7) is 12.2. The van der Waals surface area contributed by atoms with Crippen molar-refractivity contribution in [2.24, 2.45) is 40.4 Å². The summed E-state index contributed by atoms with van der Waals surface area (Å²) in [6, 6.07) is 0. The largest absolute Gasteiger partial charge is 0.397 e.